The summed E-state index contributed by atoms with van der Waals surface area (Å²) in [7, 11) is 0. The van der Waals surface area contributed by atoms with E-state index >= 15 is 0 Å². The van der Waals surface area contributed by atoms with Gasteiger partial charge in [0, 0.05) is 11.6 Å². The topological polar surface area (TPSA) is 103 Å². The summed E-state index contributed by atoms with van der Waals surface area (Å²) in [6, 6.07) is 0. The largest absolute Gasteiger partial charge is 0.490 e. The van der Waals surface area contributed by atoms with Crippen LogP contribution in [-0.4, -0.2) is 50.1 Å². The first-order valence-electron chi connectivity index (χ1n) is 5.55. The van der Waals surface area contributed by atoms with Crippen molar-refractivity contribution < 1.29 is 18.5 Å². The highest BCUT2D eigenvalue weighted by Gasteiger charge is 2.40. The molecule has 1 N–H and O–H groups in total. The Labute approximate surface area is 117 Å². The number of rotatable bonds is 8. The van der Waals surface area contributed by atoms with Crippen LogP contribution >= 0.6 is 11.8 Å². The third-order valence-corrected chi connectivity index (χ3v) is 2.89. The van der Waals surface area contributed by atoms with Gasteiger partial charge < -0.3 is 15.4 Å². The van der Waals surface area contributed by atoms with Crippen LogP contribution in [0.5, 0.6) is 0 Å². The Morgan fingerprint density at radius 2 is 2.35 bits per heavy atom. The van der Waals surface area contributed by atoms with Gasteiger partial charge >= 0.3 is 11.9 Å². The zero-order valence-electron chi connectivity index (χ0n) is 10.6. The second kappa shape index (κ2) is 7.12. The molecule has 0 bridgehead atoms. The fourth-order valence-corrected chi connectivity index (χ4v) is 1.70. The highest BCUT2D eigenvalue weighted by atomic mass is 32.2. The molecule has 0 aliphatic rings. The lowest BCUT2D eigenvalue weighted by molar-refractivity contribution is -0.394. The van der Waals surface area contributed by atoms with Gasteiger partial charge in [-0.05, 0) is 23.4 Å². The van der Waals surface area contributed by atoms with E-state index in [1.54, 1.807) is 11.8 Å². The van der Waals surface area contributed by atoms with Crippen molar-refractivity contribution in [2.75, 3.05) is 18.6 Å². The number of hydrogen-bond donors (Lipinski definition) is 1. The molecular weight excluding hydrogens is 296 g/mol. The molecule has 8 nitrogen and oxygen atoms in total. The van der Waals surface area contributed by atoms with Crippen LogP contribution in [-0.2, 0) is 11.3 Å². The number of amides is 1. The van der Waals surface area contributed by atoms with Gasteiger partial charge in [-0.2, -0.15) is 25.2 Å². The van der Waals surface area contributed by atoms with E-state index in [0.29, 0.717) is 11.1 Å². The van der Waals surface area contributed by atoms with Gasteiger partial charge in [0.05, 0.1) is 0 Å². The van der Waals surface area contributed by atoms with Crippen LogP contribution in [0, 0.1) is 10.1 Å². The van der Waals surface area contributed by atoms with Crippen LogP contribution in [0.4, 0.5) is 14.7 Å². The quantitative estimate of drug-likeness (QED) is 0.430. The smallest absolute Gasteiger partial charge is 0.390 e. The average molecular weight is 309 g/mol. The number of nitrogens with zero attached hydrogens (tertiary/aromatic N) is 4. The van der Waals surface area contributed by atoms with E-state index in [1.165, 1.54) is 0 Å². The molecule has 20 heavy (non-hydrogen) atoms. The maximum Gasteiger partial charge on any atom is 0.490 e. The maximum absolute atomic E-state index is 13.5. The fraction of sp³-hybridized carbons (Fsp3) is 0.667. The number of carbonyl (C=O) groups is 1. The van der Waals surface area contributed by atoms with E-state index in [2.05, 4.69) is 15.4 Å². The van der Waals surface area contributed by atoms with E-state index in [0.717, 1.165) is 12.1 Å². The van der Waals surface area contributed by atoms with E-state index in [9.17, 15) is 23.7 Å². The monoisotopic (exact) mass is 309 g/mol. The number of carbonyl (C=O) groups excluding carboxylic acids is 1. The highest BCUT2D eigenvalue weighted by Crippen LogP contribution is 2.16. The summed E-state index contributed by atoms with van der Waals surface area (Å²) >= 11 is 1.54. The number of aromatic nitrogens is 3. The molecule has 0 saturated heterocycles. The van der Waals surface area contributed by atoms with Gasteiger partial charge in [-0.15, -0.1) is 0 Å². The van der Waals surface area contributed by atoms with Gasteiger partial charge in [-0.1, -0.05) is 4.98 Å². The molecule has 0 atom stereocenters. The minimum atomic E-state index is -3.71. The lowest BCUT2D eigenvalue weighted by Crippen LogP contribution is -2.43. The molecular formula is C9H13F2N5O3S. The predicted molar refractivity (Wildman–Crippen MR) is 67.6 cm³/mol. The van der Waals surface area contributed by atoms with Crippen LogP contribution in [0.1, 0.15) is 6.42 Å². The lowest BCUT2D eigenvalue weighted by Gasteiger charge is -2.14. The van der Waals surface area contributed by atoms with Gasteiger partial charge in [0.1, 0.15) is 6.54 Å². The second-order valence-corrected chi connectivity index (χ2v) is 4.79. The fourth-order valence-electron chi connectivity index (χ4n) is 1.27. The zero-order valence-corrected chi connectivity index (χ0v) is 11.4. The number of nitrogens with one attached hydrogen (secondary N) is 1. The number of halogens is 2. The molecule has 1 rings (SSSR count). The van der Waals surface area contributed by atoms with Crippen LogP contribution < -0.4 is 5.32 Å². The van der Waals surface area contributed by atoms with E-state index in [-0.39, 0.29) is 6.54 Å². The van der Waals surface area contributed by atoms with Gasteiger partial charge in [0.25, 0.3) is 5.91 Å². The molecule has 11 heteroatoms. The molecule has 1 heterocycles. The molecule has 0 unspecified atom stereocenters. The average Bonchev–Trinajstić information content (AvgIpc) is 2.82. The molecule has 0 aromatic carbocycles. The summed E-state index contributed by atoms with van der Waals surface area (Å²) in [4.78, 5) is 23.9. The molecule has 0 spiro atoms. The standard InChI is InChI=1S/C9H13F2N5O3S/c1-20-4-2-3-12-7(17)9(10,11)5-15-6-13-8(14-15)16(18)19/h6H,2-5H2,1H3,(H,12,17). The minimum Gasteiger partial charge on any atom is -0.390 e. The maximum atomic E-state index is 13.5. The summed E-state index contributed by atoms with van der Waals surface area (Å²) < 4.78 is 27.7. The van der Waals surface area contributed by atoms with Crippen LogP contribution in [0.25, 0.3) is 0 Å². The van der Waals surface area contributed by atoms with Crippen molar-refractivity contribution in [3.05, 3.63) is 16.4 Å². The lowest BCUT2D eigenvalue weighted by atomic mass is 10.3. The Morgan fingerprint density at radius 3 is 2.90 bits per heavy atom. The molecule has 0 saturated carbocycles. The zero-order chi connectivity index (χ0) is 15.2. The summed E-state index contributed by atoms with van der Waals surface area (Å²) in [5.41, 5.74) is 0. The van der Waals surface area contributed by atoms with Crippen LogP contribution in [0.3, 0.4) is 0 Å². The van der Waals surface area contributed by atoms with E-state index in [1.807, 2.05) is 6.26 Å². The van der Waals surface area contributed by atoms with E-state index < -0.39 is 29.2 Å². The van der Waals surface area contributed by atoms with E-state index in [4.69, 9.17) is 0 Å². The van der Waals surface area contributed by atoms with Crippen molar-refractivity contribution >= 4 is 23.6 Å². The van der Waals surface area contributed by atoms with Crippen LogP contribution in [0.2, 0.25) is 0 Å². The number of thioether (sulfide) groups is 1. The molecule has 0 fully saturated rings. The van der Waals surface area contributed by atoms with Crippen molar-refractivity contribution in [2.45, 2.75) is 18.9 Å². The number of hydrogen-bond acceptors (Lipinski definition) is 6. The van der Waals surface area contributed by atoms with Gasteiger partial charge in [0.15, 0.2) is 0 Å². The molecule has 1 amide bonds. The van der Waals surface area contributed by atoms with Crippen molar-refractivity contribution in [1.82, 2.24) is 20.1 Å². The molecule has 112 valence electrons. The minimum absolute atomic E-state index is 0.146. The summed E-state index contributed by atoms with van der Waals surface area (Å²) in [6.07, 6.45) is 3.23. The molecule has 0 aliphatic heterocycles. The van der Waals surface area contributed by atoms with Gasteiger partial charge in [-0.25, -0.2) is 0 Å². The first kappa shape index (κ1) is 16.3. The highest BCUT2D eigenvalue weighted by molar-refractivity contribution is 7.98. The van der Waals surface area contributed by atoms with Crippen molar-refractivity contribution in [3.8, 4) is 0 Å². The SMILES string of the molecule is CSCCCNC(=O)C(F)(F)Cn1cnc([N+](=O)[O-])n1. The Balaban J connectivity index is 2.54. The molecule has 1 aromatic rings. The summed E-state index contributed by atoms with van der Waals surface area (Å²) in [5.74, 6) is -5.18. The molecule has 0 radical (unpaired) electrons. The third kappa shape index (κ3) is 4.72. The Bertz CT molecular complexity index is 482. The third-order valence-electron chi connectivity index (χ3n) is 2.19. The molecule has 1 aromatic heterocycles. The first-order chi connectivity index (χ1) is 9.36. The van der Waals surface area contributed by atoms with Gasteiger partial charge in [0.2, 0.25) is 6.33 Å². The second-order valence-electron chi connectivity index (χ2n) is 3.81. The Hall–Kier alpha value is -1.78. The van der Waals surface area contributed by atoms with Crippen molar-refractivity contribution in [1.29, 1.82) is 0 Å². The number of alkyl halides is 2. The predicted octanol–water partition coefficient (Wildman–Crippen LogP) is 0.691. The Morgan fingerprint density at radius 1 is 1.65 bits per heavy atom. The summed E-state index contributed by atoms with van der Waals surface area (Å²) in [5, 5.41) is 15.7. The summed E-state index contributed by atoms with van der Waals surface area (Å²) in [6.45, 7) is -0.949. The first-order valence-corrected chi connectivity index (χ1v) is 6.95. The molecule has 0 aliphatic carbocycles. The van der Waals surface area contributed by atoms with Gasteiger partial charge in [-0.3, -0.25) is 4.79 Å². The normalized spacial score (nSPS) is 11.3. The van der Waals surface area contributed by atoms with Crippen molar-refractivity contribution in [2.24, 2.45) is 0 Å². The van der Waals surface area contributed by atoms with Crippen molar-refractivity contribution in [3.63, 3.8) is 0 Å². The van der Waals surface area contributed by atoms with Crippen LogP contribution in [0.15, 0.2) is 6.33 Å². The Kier molecular flexibility index (Phi) is 5.80. The number of nitro groups is 1.